The van der Waals surface area contributed by atoms with Crippen LogP contribution in [-0.4, -0.2) is 41.1 Å². The van der Waals surface area contributed by atoms with E-state index in [1.807, 2.05) is 30.6 Å². The Labute approximate surface area is 141 Å². The first kappa shape index (κ1) is 15.2. The van der Waals surface area contributed by atoms with E-state index in [0.717, 1.165) is 37.6 Å². The molecule has 0 unspecified atom stereocenters. The van der Waals surface area contributed by atoms with Crippen molar-refractivity contribution in [2.24, 2.45) is 0 Å². The number of pyridine rings is 1. The van der Waals surface area contributed by atoms with Crippen molar-refractivity contribution >= 4 is 5.65 Å². The maximum atomic E-state index is 5.99. The summed E-state index contributed by atoms with van der Waals surface area (Å²) in [4.78, 5) is 6.79. The number of benzene rings is 1. The van der Waals surface area contributed by atoms with Gasteiger partial charge in [-0.25, -0.2) is 4.98 Å². The summed E-state index contributed by atoms with van der Waals surface area (Å²) < 4.78 is 13.5. The number of fused-ring (bicyclic) bond motifs is 1. The Balaban J connectivity index is 1.51. The second kappa shape index (κ2) is 6.63. The number of morpholine rings is 1. The minimum Gasteiger partial charge on any atom is -0.497 e. The lowest BCUT2D eigenvalue weighted by Gasteiger charge is -2.33. The molecule has 1 fully saturated rings. The van der Waals surface area contributed by atoms with Gasteiger partial charge < -0.3 is 13.9 Å². The number of hydrogen-bond donors (Lipinski definition) is 0. The Morgan fingerprint density at radius 1 is 1.25 bits per heavy atom. The molecule has 0 amide bonds. The fourth-order valence-corrected chi connectivity index (χ4v) is 3.25. The molecule has 3 aromatic rings. The number of methoxy groups -OCH3 is 1. The zero-order valence-electron chi connectivity index (χ0n) is 13.8. The average Bonchev–Trinajstić information content (AvgIpc) is 3.12. The summed E-state index contributed by atoms with van der Waals surface area (Å²) >= 11 is 0. The lowest BCUT2D eigenvalue weighted by molar-refractivity contribution is -0.0334. The van der Waals surface area contributed by atoms with E-state index in [1.165, 1.54) is 11.3 Å². The van der Waals surface area contributed by atoms with Crippen LogP contribution in [0.1, 0.15) is 17.4 Å². The van der Waals surface area contributed by atoms with Crippen LogP contribution in [-0.2, 0) is 11.3 Å². The van der Waals surface area contributed by atoms with Gasteiger partial charge in [-0.05, 0) is 29.8 Å². The van der Waals surface area contributed by atoms with E-state index in [2.05, 4.69) is 38.6 Å². The van der Waals surface area contributed by atoms with E-state index in [9.17, 15) is 0 Å². The van der Waals surface area contributed by atoms with Gasteiger partial charge in [0.25, 0.3) is 0 Å². The van der Waals surface area contributed by atoms with Crippen molar-refractivity contribution in [3.05, 3.63) is 66.1 Å². The van der Waals surface area contributed by atoms with Crippen LogP contribution in [0.3, 0.4) is 0 Å². The molecule has 0 saturated carbocycles. The minimum atomic E-state index is 0.0795. The molecule has 2 aromatic heterocycles. The summed E-state index contributed by atoms with van der Waals surface area (Å²) in [7, 11) is 1.69. The fourth-order valence-electron chi connectivity index (χ4n) is 3.25. The molecule has 3 heterocycles. The van der Waals surface area contributed by atoms with Crippen LogP contribution in [0.25, 0.3) is 5.65 Å². The molecule has 0 radical (unpaired) electrons. The molecule has 5 heteroatoms. The topological polar surface area (TPSA) is 39.0 Å². The Morgan fingerprint density at radius 3 is 3.08 bits per heavy atom. The number of imidazole rings is 1. The Bertz CT molecular complexity index is 830. The summed E-state index contributed by atoms with van der Waals surface area (Å²) in [6, 6.07) is 14.4. The van der Waals surface area contributed by atoms with Crippen LogP contribution < -0.4 is 4.74 Å². The standard InChI is InChI=1S/C19H21N3O2/c1-23-17-6-2-4-15(12-17)18-14-21(10-11-24-18)13-16-5-3-7-19-20-8-9-22(16)19/h2-9,12,18H,10-11,13-14H2,1H3/t18-/m1/s1. The predicted octanol–water partition coefficient (Wildman–Crippen LogP) is 2.92. The van der Waals surface area contributed by atoms with Gasteiger partial charge in [0.15, 0.2) is 0 Å². The molecule has 124 valence electrons. The zero-order chi connectivity index (χ0) is 16.4. The van der Waals surface area contributed by atoms with Gasteiger partial charge in [-0.1, -0.05) is 18.2 Å². The maximum absolute atomic E-state index is 5.99. The highest BCUT2D eigenvalue weighted by Gasteiger charge is 2.22. The van der Waals surface area contributed by atoms with Gasteiger partial charge in [0.2, 0.25) is 0 Å². The van der Waals surface area contributed by atoms with Gasteiger partial charge in [-0.2, -0.15) is 0 Å². The Kier molecular flexibility index (Phi) is 4.19. The summed E-state index contributed by atoms with van der Waals surface area (Å²) in [5.74, 6) is 0.872. The van der Waals surface area contributed by atoms with Gasteiger partial charge in [-0.15, -0.1) is 0 Å². The van der Waals surface area contributed by atoms with Crippen molar-refractivity contribution in [1.82, 2.24) is 14.3 Å². The van der Waals surface area contributed by atoms with Crippen molar-refractivity contribution in [2.75, 3.05) is 26.8 Å². The molecule has 24 heavy (non-hydrogen) atoms. The van der Waals surface area contributed by atoms with Crippen molar-refractivity contribution in [1.29, 1.82) is 0 Å². The highest BCUT2D eigenvalue weighted by molar-refractivity contribution is 5.39. The molecule has 0 bridgehead atoms. The molecule has 0 N–H and O–H groups in total. The minimum absolute atomic E-state index is 0.0795. The first-order valence-electron chi connectivity index (χ1n) is 8.22. The van der Waals surface area contributed by atoms with E-state index < -0.39 is 0 Å². The van der Waals surface area contributed by atoms with Crippen LogP contribution >= 0.6 is 0 Å². The van der Waals surface area contributed by atoms with Crippen LogP contribution in [0.5, 0.6) is 5.75 Å². The smallest absolute Gasteiger partial charge is 0.136 e. The molecular formula is C19H21N3O2. The van der Waals surface area contributed by atoms with Crippen molar-refractivity contribution in [3.63, 3.8) is 0 Å². The third-order valence-corrected chi connectivity index (χ3v) is 4.51. The quantitative estimate of drug-likeness (QED) is 0.740. The van der Waals surface area contributed by atoms with Gasteiger partial charge in [0, 0.05) is 37.7 Å². The maximum Gasteiger partial charge on any atom is 0.136 e. The van der Waals surface area contributed by atoms with Gasteiger partial charge >= 0.3 is 0 Å². The number of ether oxygens (including phenoxy) is 2. The SMILES string of the molecule is COc1cccc([C@H]2CN(Cc3cccc4nccn34)CCO2)c1. The second-order valence-corrected chi connectivity index (χ2v) is 6.04. The molecule has 5 nitrogen and oxygen atoms in total. The molecule has 1 aliphatic heterocycles. The zero-order valence-corrected chi connectivity index (χ0v) is 13.8. The second-order valence-electron chi connectivity index (χ2n) is 6.04. The van der Waals surface area contributed by atoms with Crippen molar-refractivity contribution < 1.29 is 9.47 Å². The predicted molar refractivity (Wildman–Crippen MR) is 92.2 cm³/mol. The number of aromatic nitrogens is 2. The number of hydrogen-bond acceptors (Lipinski definition) is 4. The summed E-state index contributed by atoms with van der Waals surface area (Å²) in [6.07, 6.45) is 3.94. The average molecular weight is 323 g/mol. The van der Waals surface area contributed by atoms with Crippen molar-refractivity contribution in [3.8, 4) is 5.75 Å². The van der Waals surface area contributed by atoms with Gasteiger partial charge in [0.05, 0.1) is 19.8 Å². The molecule has 1 saturated heterocycles. The summed E-state index contributed by atoms with van der Waals surface area (Å²) in [5, 5.41) is 0. The third kappa shape index (κ3) is 3.00. The fraction of sp³-hybridized carbons (Fsp3) is 0.316. The molecular weight excluding hydrogens is 302 g/mol. The van der Waals surface area contributed by atoms with Crippen LogP contribution in [0.15, 0.2) is 54.9 Å². The van der Waals surface area contributed by atoms with E-state index in [-0.39, 0.29) is 6.10 Å². The number of nitrogens with zero attached hydrogens (tertiary/aromatic N) is 3. The molecule has 1 atom stereocenters. The Morgan fingerprint density at radius 2 is 2.17 bits per heavy atom. The lowest BCUT2D eigenvalue weighted by Crippen LogP contribution is -2.38. The highest BCUT2D eigenvalue weighted by atomic mass is 16.5. The van der Waals surface area contributed by atoms with Crippen LogP contribution in [0, 0.1) is 0 Å². The number of rotatable bonds is 4. The molecule has 0 spiro atoms. The monoisotopic (exact) mass is 323 g/mol. The summed E-state index contributed by atoms with van der Waals surface area (Å²) in [6.45, 7) is 3.43. The molecule has 4 rings (SSSR count). The first-order chi connectivity index (χ1) is 11.8. The van der Waals surface area contributed by atoms with Crippen molar-refractivity contribution in [2.45, 2.75) is 12.6 Å². The normalized spacial score (nSPS) is 18.8. The van der Waals surface area contributed by atoms with E-state index in [0.29, 0.717) is 0 Å². The molecule has 0 aliphatic carbocycles. The largest absolute Gasteiger partial charge is 0.497 e. The Hall–Kier alpha value is -2.37. The summed E-state index contributed by atoms with van der Waals surface area (Å²) in [5.41, 5.74) is 3.40. The van der Waals surface area contributed by atoms with Gasteiger partial charge in [-0.3, -0.25) is 4.90 Å². The van der Waals surface area contributed by atoms with Crippen LogP contribution in [0.2, 0.25) is 0 Å². The lowest BCUT2D eigenvalue weighted by atomic mass is 10.1. The molecule has 1 aliphatic rings. The van der Waals surface area contributed by atoms with Gasteiger partial charge in [0.1, 0.15) is 11.4 Å². The van der Waals surface area contributed by atoms with E-state index in [4.69, 9.17) is 9.47 Å². The van der Waals surface area contributed by atoms with E-state index >= 15 is 0 Å². The third-order valence-electron chi connectivity index (χ3n) is 4.51. The van der Waals surface area contributed by atoms with E-state index in [1.54, 1.807) is 7.11 Å². The highest BCUT2D eigenvalue weighted by Crippen LogP contribution is 2.26. The van der Waals surface area contributed by atoms with Crippen LogP contribution in [0.4, 0.5) is 0 Å². The first-order valence-corrected chi connectivity index (χ1v) is 8.22. The molecule has 1 aromatic carbocycles.